The van der Waals surface area contributed by atoms with Crippen molar-refractivity contribution in [1.29, 1.82) is 0 Å². The van der Waals surface area contributed by atoms with E-state index < -0.39 is 0 Å². The third-order valence-electron chi connectivity index (χ3n) is 3.74. The Balaban J connectivity index is 1.50. The Morgan fingerprint density at radius 1 is 1.15 bits per heavy atom. The van der Waals surface area contributed by atoms with Crippen molar-refractivity contribution in [2.45, 2.75) is 30.0 Å². The predicted molar refractivity (Wildman–Crippen MR) is 108 cm³/mol. The van der Waals surface area contributed by atoms with E-state index in [9.17, 15) is 9.18 Å². The first-order chi connectivity index (χ1) is 13.0. The van der Waals surface area contributed by atoms with Gasteiger partial charge in [-0.25, -0.2) is 4.39 Å². The molecule has 3 aromatic rings. The molecule has 0 fully saturated rings. The molecule has 0 saturated heterocycles. The molecule has 0 aliphatic heterocycles. The van der Waals surface area contributed by atoms with Gasteiger partial charge in [0.1, 0.15) is 5.82 Å². The number of nitrogens with zero attached hydrogens (tertiary/aromatic N) is 2. The summed E-state index contributed by atoms with van der Waals surface area (Å²) in [5, 5.41) is 14.5. The van der Waals surface area contributed by atoms with E-state index in [-0.39, 0.29) is 17.0 Å². The maximum atomic E-state index is 12.9. The SMILES string of the molecule is Cc1ccc(CNC(=O)C(C)Sc2nnc(Nc3ccc(F)cc3)s2)cc1. The zero-order valence-electron chi connectivity index (χ0n) is 14.9. The number of carbonyl (C=O) groups is 1. The number of rotatable bonds is 7. The number of amides is 1. The number of halogens is 1. The van der Waals surface area contributed by atoms with E-state index in [1.807, 2.05) is 38.1 Å². The van der Waals surface area contributed by atoms with Gasteiger partial charge >= 0.3 is 0 Å². The first-order valence-electron chi connectivity index (χ1n) is 8.35. The van der Waals surface area contributed by atoms with E-state index in [1.54, 1.807) is 12.1 Å². The van der Waals surface area contributed by atoms with Crippen molar-refractivity contribution in [3.05, 3.63) is 65.5 Å². The second-order valence-electron chi connectivity index (χ2n) is 5.97. The fourth-order valence-electron chi connectivity index (χ4n) is 2.21. The van der Waals surface area contributed by atoms with Gasteiger partial charge in [-0.2, -0.15) is 0 Å². The molecule has 27 heavy (non-hydrogen) atoms. The third-order valence-corrected chi connectivity index (χ3v) is 5.76. The predicted octanol–water partition coefficient (Wildman–Crippen LogP) is 4.53. The summed E-state index contributed by atoms with van der Waals surface area (Å²) in [6.45, 7) is 4.36. The van der Waals surface area contributed by atoms with Gasteiger partial charge in [0.05, 0.1) is 5.25 Å². The fraction of sp³-hybridized carbons (Fsp3) is 0.211. The van der Waals surface area contributed by atoms with E-state index in [1.165, 1.54) is 40.8 Å². The van der Waals surface area contributed by atoms with Crippen molar-refractivity contribution in [2.24, 2.45) is 0 Å². The van der Waals surface area contributed by atoms with Crippen LogP contribution in [0.5, 0.6) is 0 Å². The smallest absolute Gasteiger partial charge is 0.233 e. The van der Waals surface area contributed by atoms with E-state index in [2.05, 4.69) is 20.8 Å². The lowest BCUT2D eigenvalue weighted by atomic mass is 10.1. The summed E-state index contributed by atoms with van der Waals surface area (Å²) in [7, 11) is 0. The summed E-state index contributed by atoms with van der Waals surface area (Å²) in [4.78, 5) is 12.3. The zero-order chi connectivity index (χ0) is 19.2. The molecule has 3 rings (SSSR count). The molecule has 0 saturated carbocycles. The number of anilines is 2. The van der Waals surface area contributed by atoms with Crippen LogP contribution in [0.1, 0.15) is 18.1 Å². The second-order valence-corrected chi connectivity index (χ2v) is 8.53. The van der Waals surface area contributed by atoms with Gasteiger partial charge < -0.3 is 10.6 Å². The van der Waals surface area contributed by atoms with Crippen LogP contribution in [-0.4, -0.2) is 21.4 Å². The minimum absolute atomic E-state index is 0.0520. The monoisotopic (exact) mass is 402 g/mol. The number of nitrogens with one attached hydrogen (secondary N) is 2. The van der Waals surface area contributed by atoms with Crippen molar-refractivity contribution in [2.75, 3.05) is 5.32 Å². The Hall–Kier alpha value is -2.45. The molecular weight excluding hydrogens is 383 g/mol. The first kappa shape index (κ1) is 19.3. The number of hydrogen-bond donors (Lipinski definition) is 2. The highest BCUT2D eigenvalue weighted by atomic mass is 32.2. The van der Waals surface area contributed by atoms with Crippen LogP contribution in [0.4, 0.5) is 15.2 Å². The molecule has 2 aromatic carbocycles. The average molecular weight is 403 g/mol. The average Bonchev–Trinajstić information content (AvgIpc) is 3.09. The summed E-state index contributed by atoms with van der Waals surface area (Å²) < 4.78 is 13.6. The second kappa shape index (κ2) is 8.96. The minimum atomic E-state index is -0.292. The molecule has 1 aromatic heterocycles. The van der Waals surface area contributed by atoms with Crippen molar-refractivity contribution in [3.63, 3.8) is 0 Å². The van der Waals surface area contributed by atoms with Gasteiger partial charge in [-0.15, -0.1) is 10.2 Å². The lowest BCUT2D eigenvalue weighted by Crippen LogP contribution is -2.30. The van der Waals surface area contributed by atoms with Gasteiger partial charge in [0.2, 0.25) is 11.0 Å². The van der Waals surface area contributed by atoms with E-state index in [0.29, 0.717) is 16.0 Å². The Bertz CT molecular complexity index is 897. The standard InChI is InChI=1S/C19H19FN4OS2/c1-12-3-5-14(6-4-12)11-21-17(25)13(2)26-19-24-23-18(27-19)22-16-9-7-15(20)8-10-16/h3-10,13H,11H2,1-2H3,(H,21,25)(H,22,23). The molecule has 0 aliphatic rings. The third kappa shape index (κ3) is 5.77. The molecule has 1 amide bonds. The highest BCUT2D eigenvalue weighted by Gasteiger charge is 2.17. The number of benzene rings is 2. The quantitative estimate of drug-likeness (QED) is 0.569. The molecule has 1 heterocycles. The number of carbonyl (C=O) groups excluding carboxylic acids is 1. The molecule has 1 unspecified atom stereocenters. The molecule has 140 valence electrons. The van der Waals surface area contributed by atoms with Crippen molar-refractivity contribution in [3.8, 4) is 0 Å². The van der Waals surface area contributed by atoms with Gasteiger partial charge in [-0.05, 0) is 43.7 Å². The molecule has 0 bridgehead atoms. The minimum Gasteiger partial charge on any atom is -0.351 e. The summed E-state index contributed by atoms with van der Waals surface area (Å²) >= 11 is 2.71. The van der Waals surface area contributed by atoms with Crippen molar-refractivity contribution < 1.29 is 9.18 Å². The van der Waals surface area contributed by atoms with Gasteiger partial charge in [0, 0.05) is 12.2 Å². The molecule has 8 heteroatoms. The van der Waals surface area contributed by atoms with Crippen LogP contribution < -0.4 is 10.6 Å². The zero-order valence-corrected chi connectivity index (χ0v) is 16.5. The molecule has 5 nitrogen and oxygen atoms in total. The van der Waals surface area contributed by atoms with Crippen molar-refractivity contribution in [1.82, 2.24) is 15.5 Å². The molecule has 1 atom stereocenters. The van der Waals surface area contributed by atoms with Crippen LogP contribution in [0.2, 0.25) is 0 Å². The van der Waals surface area contributed by atoms with E-state index in [0.717, 1.165) is 11.3 Å². The Kier molecular flexibility index (Phi) is 6.41. The molecule has 2 N–H and O–H groups in total. The van der Waals surface area contributed by atoms with Gasteiger partial charge in [0.25, 0.3) is 0 Å². The first-order valence-corrected chi connectivity index (χ1v) is 10.1. The van der Waals surface area contributed by atoms with Crippen LogP contribution in [-0.2, 0) is 11.3 Å². The van der Waals surface area contributed by atoms with E-state index >= 15 is 0 Å². The van der Waals surface area contributed by atoms with Gasteiger partial charge in [0.15, 0.2) is 4.34 Å². The molecule has 0 aliphatic carbocycles. The lowest BCUT2D eigenvalue weighted by molar-refractivity contribution is -0.120. The van der Waals surface area contributed by atoms with Crippen LogP contribution in [0.3, 0.4) is 0 Å². The Morgan fingerprint density at radius 2 is 1.85 bits per heavy atom. The maximum Gasteiger partial charge on any atom is 0.233 e. The Morgan fingerprint density at radius 3 is 2.56 bits per heavy atom. The van der Waals surface area contributed by atoms with Crippen molar-refractivity contribution >= 4 is 39.8 Å². The van der Waals surface area contributed by atoms with Crippen LogP contribution in [0.15, 0.2) is 52.9 Å². The van der Waals surface area contributed by atoms with Gasteiger partial charge in [-0.1, -0.05) is 52.9 Å². The Labute approximate surface area is 165 Å². The highest BCUT2D eigenvalue weighted by Crippen LogP contribution is 2.30. The lowest BCUT2D eigenvalue weighted by Gasteiger charge is -2.10. The summed E-state index contributed by atoms with van der Waals surface area (Å²) in [6, 6.07) is 14.1. The van der Waals surface area contributed by atoms with Crippen LogP contribution in [0, 0.1) is 12.7 Å². The molecule has 0 radical (unpaired) electrons. The number of thioether (sulfide) groups is 1. The molecule has 0 spiro atoms. The summed E-state index contributed by atoms with van der Waals surface area (Å²) in [6.07, 6.45) is 0. The van der Waals surface area contributed by atoms with Crippen LogP contribution in [0.25, 0.3) is 0 Å². The largest absolute Gasteiger partial charge is 0.351 e. The highest BCUT2D eigenvalue weighted by molar-refractivity contribution is 8.02. The molecular formula is C19H19FN4OS2. The van der Waals surface area contributed by atoms with Gasteiger partial charge in [-0.3, -0.25) is 4.79 Å². The normalized spacial score (nSPS) is 11.8. The topological polar surface area (TPSA) is 66.9 Å². The number of aryl methyl sites for hydroxylation is 1. The summed E-state index contributed by atoms with van der Waals surface area (Å²) in [5.41, 5.74) is 2.98. The number of hydrogen-bond acceptors (Lipinski definition) is 6. The maximum absolute atomic E-state index is 12.9. The van der Waals surface area contributed by atoms with Crippen LogP contribution >= 0.6 is 23.1 Å². The van der Waals surface area contributed by atoms with E-state index in [4.69, 9.17) is 0 Å². The fourth-order valence-corrected chi connectivity index (χ4v) is 4.15. The number of aromatic nitrogens is 2. The summed E-state index contributed by atoms with van der Waals surface area (Å²) in [5.74, 6) is -0.344.